The normalized spacial score (nSPS) is 12.3. The van der Waals surface area contributed by atoms with Crippen LogP contribution in [0, 0.1) is 0 Å². The number of carbonyl (C=O) groups excluding carboxylic acids is 1. The summed E-state index contributed by atoms with van der Waals surface area (Å²) < 4.78 is 10.3. The van der Waals surface area contributed by atoms with E-state index >= 15 is 0 Å². The molecule has 3 heteroatoms. The molecule has 0 saturated carbocycles. The molecular weight excluding hydrogens is 336 g/mol. The highest BCUT2D eigenvalue weighted by atomic mass is 16.5. The summed E-state index contributed by atoms with van der Waals surface area (Å²) in [5, 5.41) is 0. The third kappa shape index (κ3) is 20.0. The van der Waals surface area contributed by atoms with Crippen LogP contribution in [0.15, 0.2) is 0 Å². The molecule has 0 aromatic heterocycles. The first-order valence-corrected chi connectivity index (χ1v) is 11.8. The minimum Gasteiger partial charge on any atom is -0.469 e. The summed E-state index contributed by atoms with van der Waals surface area (Å²) in [5.74, 6) is -0.0728. The highest BCUT2D eigenvalue weighted by molar-refractivity contribution is 5.68. The fourth-order valence-electron chi connectivity index (χ4n) is 3.69. The van der Waals surface area contributed by atoms with Crippen LogP contribution in [0.3, 0.4) is 0 Å². The zero-order valence-corrected chi connectivity index (χ0v) is 18.7. The highest BCUT2D eigenvalue weighted by Crippen LogP contribution is 2.17. The van der Waals surface area contributed by atoms with E-state index in [1.807, 2.05) is 7.11 Å². The van der Waals surface area contributed by atoms with E-state index in [4.69, 9.17) is 4.74 Å². The molecule has 0 bridgehead atoms. The van der Waals surface area contributed by atoms with E-state index in [1.54, 1.807) is 0 Å². The molecule has 3 nitrogen and oxygen atoms in total. The number of carbonyl (C=O) groups is 1. The second-order valence-electron chi connectivity index (χ2n) is 8.06. The van der Waals surface area contributed by atoms with Crippen molar-refractivity contribution < 1.29 is 14.3 Å². The van der Waals surface area contributed by atoms with Crippen LogP contribution in [-0.2, 0) is 14.3 Å². The molecule has 0 aromatic rings. The van der Waals surface area contributed by atoms with Crippen LogP contribution >= 0.6 is 0 Å². The Labute approximate surface area is 170 Å². The van der Waals surface area contributed by atoms with Gasteiger partial charge in [-0.3, -0.25) is 4.79 Å². The monoisotopic (exact) mass is 384 g/mol. The molecule has 0 spiro atoms. The van der Waals surface area contributed by atoms with Crippen molar-refractivity contribution in [2.45, 2.75) is 135 Å². The van der Waals surface area contributed by atoms with Gasteiger partial charge < -0.3 is 9.47 Å². The van der Waals surface area contributed by atoms with Crippen LogP contribution in [0.4, 0.5) is 0 Å². The number of rotatable bonds is 21. The first-order valence-electron chi connectivity index (χ1n) is 11.8. The Bertz CT molecular complexity index is 304. The molecule has 0 saturated heterocycles. The lowest BCUT2D eigenvalue weighted by Gasteiger charge is -2.15. The first kappa shape index (κ1) is 26.4. The van der Waals surface area contributed by atoms with Crippen LogP contribution < -0.4 is 0 Å². The lowest BCUT2D eigenvalue weighted by molar-refractivity contribution is -0.140. The Hall–Kier alpha value is -0.570. The zero-order valence-electron chi connectivity index (χ0n) is 18.7. The molecule has 0 aliphatic rings. The van der Waals surface area contributed by atoms with E-state index in [9.17, 15) is 4.79 Å². The lowest BCUT2D eigenvalue weighted by atomic mass is 10.0. The van der Waals surface area contributed by atoms with Gasteiger partial charge in [0.15, 0.2) is 0 Å². The van der Waals surface area contributed by atoms with Crippen molar-refractivity contribution in [3.8, 4) is 0 Å². The summed E-state index contributed by atoms with van der Waals surface area (Å²) in [7, 11) is 3.35. The van der Waals surface area contributed by atoms with Gasteiger partial charge in [0.05, 0.1) is 13.2 Å². The first-order chi connectivity index (χ1) is 13.2. The van der Waals surface area contributed by atoms with Crippen molar-refractivity contribution in [1.29, 1.82) is 0 Å². The Balaban J connectivity index is 3.30. The second-order valence-corrected chi connectivity index (χ2v) is 8.06. The predicted molar refractivity (Wildman–Crippen MR) is 116 cm³/mol. The van der Waals surface area contributed by atoms with E-state index in [0.717, 1.165) is 12.8 Å². The van der Waals surface area contributed by atoms with Crippen molar-refractivity contribution >= 4 is 5.97 Å². The average Bonchev–Trinajstić information content (AvgIpc) is 2.69. The Morgan fingerprint density at radius 2 is 1.04 bits per heavy atom. The van der Waals surface area contributed by atoms with Gasteiger partial charge in [-0.05, 0) is 19.3 Å². The van der Waals surface area contributed by atoms with Crippen molar-refractivity contribution in [2.24, 2.45) is 0 Å². The molecule has 1 atom stereocenters. The minimum absolute atomic E-state index is 0.0728. The van der Waals surface area contributed by atoms with Crippen LogP contribution in [0.5, 0.6) is 0 Å². The maximum atomic E-state index is 11.0. The van der Waals surface area contributed by atoms with Crippen molar-refractivity contribution in [3.05, 3.63) is 0 Å². The van der Waals surface area contributed by atoms with Crippen molar-refractivity contribution in [3.63, 3.8) is 0 Å². The van der Waals surface area contributed by atoms with Gasteiger partial charge in [-0.2, -0.15) is 0 Å². The molecule has 0 N–H and O–H groups in total. The minimum atomic E-state index is -0.0728. The number of ether oxygens (including phenoxy) is 2. The number of esters is 1. The van der Waals surface area contributed by atoms with E-state index in [-0.39, 0.29) is 5.97 Å². The SMILES string of the molecule is CCCCCCCCCC(CCCCCCCCCCCC(=O)OC)OC. The zero-order chi connectivity index (χ0) is 20.0. The number of hydrogen-bond donors (Lipinski definition) is 0. The maximum Gasteiger partial charge on any atom is 0.305 e. The smallest absolute Gasteiger partial charge is 0.305 e. The summed E-state index contributed by atoms with van der Waals surface area (Å²) in [5.41, 5.74) is 0. The quantitative estimate of drug-likeness (QED) is 0.151. The van der Waals surface area contributed by atoms with Crippen LogP contribution in [0.2, 0.25) is 0 Å². The molecule has 162 valence electrons. The maximum absolute atomic E-state index is 11.0. The van der Waals surface area contributed by atoms with Gasteiger partial charge in [0.1, 0.15) is 0 Å². The van der Waals surface area contributed by atoms with Gasteiger partial charge in [-0.15, -0.1) is 0 Å². The fraction of sp³-hybridized carbons (Fsp3) is 0.958. The Kier molecular flexibility index (Phi) is 21.3. The molecule has 0 amide bonds. The summed E-state index contributed by atoms with van der Waals surface area (Å²) in [6.07, 6.45) is 24.6. The molecule has 0 heterocycles. The molecule has 27 heavy (non-hydrogen) atoms. The van der Waals surface area contributed by atoms with Gasteiger partial charge in [0, 0.05) is 13.5 Å². The van der Waals surface area contributed by atoms with Crippen molar-refractivity contribution in [2.75, 3.05) is 14.2 Å². The van der Waals surface area contributed by atoms with Gasteiger partial charge in [-0.1, -0.05) is 103 Å². The molecule has 0 aromatic carbocycles. The van der Waals surface area contributed by atoms with E-state index < -0.39 is 0 Å². The predicted octanol–water partition coefficient (Wildman–Crippen LogP) is 7.61. The number of unbranched alkanes of at least 4 members (excludes halogenated alkanes) is 14. The van der Waals surface area contributed by atoms with Crippen LogP contribution in [0.1, 0.15) is 129 Å². The van der Waals surface area contributed by atoms with E-state index in [1.165, 1.54) is 110 Å². The van der Waals surface area contributed by atoms with E-state index in [2.05, 4.69) is 11.7 Å². The standard InChI is InChI=1S/C24H48O3/c1-4-5-6-7-11-14-17-20-23(26-2)21-18-15-12-9-8-10-13-16-19-22-24(25)27-3/h23H,4-22H2,1-3H3. The molecule has 0 aliphatic carbocycles. The van der Waals surface area contributed by atoms with Gasteiger partial charge >= 0.3 is 5.97 Å². The van der Waals surface area contributed by atoms with Gasteiger partial charge in [-0.25, -0.2) is 0 Å². The third-order valence-electron chi connectivity index (χ3n) is 5.60. The fourth-order valence-corrected chi connectivity index (χ4v) is 3.69. The largest absolute Gasteiger partial charge is 0.469 e. The molecule has 1 unspecified atom stereocenters. The molecule has 0 fully saturated rings. The van der Waals surface area contributed by atoms with Crippen molar-refractivity contribution in [1.82, 2.24) is 0 Å². The Morgan fingerprint density at radius 3 is 1.44 bits per heavy atom. The number of methoxy groups -OCH3 is 2. The van der Waals surface area contributed by atoms with Crippen LogP contribution in [-0.4, -0.2) is 26.3 Å². The molecule has 0 radical (unpaired) electrons. The summed E-state index contributed by atoms with van der Waals surface area (Å²) >= 11 is 0. The third-order valence-corrected chi connectivity index (χ3v) is 5.60. The van der Waals surface area contributed by atoms with E-state index in [0.29, 0.717) is 12.5 Å². The average molecular weight is 385 g/mol. The summed E-state index contributed by atoms with van der Waals surface area (Å²) in [6.45, 7) is 2.28. The highest BCUT2D eigenvalue weighted by Gasteiger charge is 2.06. The summed E-state index contributed by atoms with van der Waals surface area (Å²) in [6, 6.07) is 0. The Morgan fingerprint density at radius 1 is 0.630 bits per heavy atom. The van der Waals surface area contributed by atoms with Gasteiger partial charge in [0.25, 0.3) is 0 Å². The van der Waals surface area contributed by atoms with Gasteiger partial charge in [0.2, 0.25) is 0 Å². The molecule has 0 aliphatic heterocycles. The van der Waals surface area contributed by atoms with Crippen LogP contribution in [0.25, 0.3) is 0 Å². The molecular formula is C24H48O3. The number of hydrogen-bond acceptors (Lipinski definition) is 3. The topological polar surface area (TPSA) is 35.5 Å². The molecule has 0 rings (SSSR count). The summed E-state index contributed by atoms with van der Waals surface area (Å²) in [4.78, 5) is 11.0. The lowest BCUT2D eigenvalue weighted by Crippen LogP contribution is -2.10. The second kappa shape index (κ2) is 21.7.